The molecule has 0 unspecified atom stereocenters. The predicted octanol–water partition coefficient (Wildman–Crippen LogP) is 3.10. The molecule has 1 spiro atoms. The molecule has 136 valence electrons. The third kappa shape index (κ3) is 2.76. The maximum atomic E-state index is 12.9. The molecule has 1 saturated heterocycles. The highest BCUT2D eigenvalue weighted by molar-refractivity contribution is 5.95. The molecular weight excluding hydrogens is 328 g/mol. The van der Waals surface area contributed by atoms with Crippen LogP contribution >= 0.6 is 0 Å². The summed E-state index contributed by atoms with van der Waals surface area (Å²) in [7, 11) is 1.71. The molecule has 1 fully saturated rings. The summed E-state index contributed by atoms with van der Waals surface area (Å²) in [6.45, 7) is 3.94. The van der Waals surface area contributed by atoms with Crippen LogP contribution in [0.4, 0.5) is 0 Å². The minimum absolute atomic E-state index is 0.0570. The summed E-state index contributed by atoms with van der Waals surface area (Å²) in [6, 6.07) is 9.88. The highest BCUT2D eigenvalue weighted by Crippen LogP contribution is 2.45. The van der Waals surface area contributed by atoms with Crippen molar-refractivity contribution in [2.75, 3.05) is 26.8 Å². The second kappa shape index (κ2) is 6.72. The van der Waals surface area contributed by atoms with Gasteiger partial charge >= 0.3 is 0 Å². The number of methoxy groups -OCH3 is 1. The number of nitrogens with zero attached hydrogens (tertiary/aromatic N) is 2. The highest BCUT2D eigenvalue weighted by atomic mass is 16.5. The first-order chi connectivity index (χ1) is 12.6. The number of carbonyl (C=O) groups is 1. The van der Waals surface area contributed by atoms with Crippen LogP contribution in [0.2, 0.25) is 0 Å². The number of pyridine rings is 1. The van der Waals surface area contributed by atoms with Gasteiger partial charge in [-0.15, -0.1) is 0 Å². The van der Waals surface area contributed by atoms with Gasteiger partial charge in [-0.2, -0.15) is 0 Å². The number of hydrogen-bond donors (Lipinski definition) is 0. The quantitative estimate of drug-likeness (QED) is 0.833. The lowest BCUT2D eigenvalue weighted by Crippen LogP contribution is -2.48. The van der Waals surface area contributed by atoms with Crippen molar-refractivity contribution in [2.24, 2.45) is 0 Å². The topological polar surface area (TPSA) is 51.7 Å². The van der Waals surface area contributed by atoms with E-state index in [0.29, 0.717) is 18.7 Å². The molecule has 2 aliphatic heterocycles. The summed E-state index contributed by atoms with van der Waals surface area (Å²) in [4.78, 5) is 19.0. The van der Waals surface area contributed by atoms with E-state index in [4.69, 9.17) is 9.47 Å². The van der Waals surface area contributed by atoms with Crippen molar-refractivity contribution in [1.29, 1.82) is 0 Å². The Morgan fingerprint density at radius 1 is 1.23 bits per heavy atom. The number of hydrogen-bond acceptors (Lipinski definition) is 4. The number of rotatable bonds is 2. The molecule has 1 amide bonds. The second-order valence-corrected chi connectivity index (χ2v) is 7.02. The summed E-state index contributed by atoms with van der Waals surface area (Å²) in [5, 5.41) is 0. The van der Waals surface area contributed by atoms with Crippen LogP contribution in [0.5, 0.6) is 5.75 Å². The fourth-order valence-corrected chi connectivity index (χ4v) is 4.25. The van der Waals surface area contributed by atoms with Crippen molar-refractivity contribution in [3.05, 3.63) is 58.9 Å². The van der Waals surface area contributed by atoms with Crippen LogP contribution < -0.4 is 4.74 Å². The van der Waals surface area contributed by atoms with Crippen molar-refractivity contribution < 1.29 is 14.3 Å². The molecule has 5 nitrogen and oxygen atoms in total. The van der Waals surface area contributed by atoms with Crippen LogP contribution in [-0.4, -0.2) is 42.6 Å². The van der Waals surface area contributed by atoms with Gasteiger partial charge in [0.05, 0.1) is 19.3 Å². The molecule has 4 rings (SSSR count). The summed E-state index contributed by atoms with van der Waals surface area (Å²) in [5.41, 5.74) is 3.60. The number of aromatic nitrogens is 1. The Hall–Kier alpha value is -2.40. The molecule has 0 atom stereocenters. The van der Waals surface area contributed by atoms with Gasteiger partial charge in [-0.1, -0.05) is 12.1 Å². The van der Waals surface area contributed by atoms with Gasteiger partial charge in [-0.3, -0.25) is 9.78 Å². The van der Waals surface area contributed by atoms with Crippen LogP contribution in [0.3, 0.4) is 0 Å². The number of amides is 1. The van der Waals surface area contributed by atoms with Crippen molar-refractivity contribution in [2.45, 2.75) is 31.8 Å². The van der Waals surface area contributed by atoms with E-state index in [-0.39, 0.29) is 11.5 Å². The van der Waals surface area contributed by atoms with E-state index in [1.54, 1.807) is 13.3 Å². The van der Waals surface area contributed by atoms with Gasteiger partial charge in [0, 0.05) is 30.5 Å². The third-order valence-corrected chi connectivity index (χ3v) is 5.63. The Morgan fingerprint density at radius 3 is 2.77 bits per heavy atom. The van der Waals surface area contributed by atoms with Gasteiger partial charge in [0.1, 0.15) is 11.4 Å². The van der Waals surface area contributed by atoms with E-state index >= 15 is 0 Å². The minimum atomic E-state index is -0.346. The van der Waals surface area contributed by atoms with E-state index in [1.165, 1.54) is 11.1 Å². The molecule has 3 heterocycles. The van der Waals surface area contributed by atoms with Gasteiger partial charge < -0.3 is 14.4 Å². The molecule has 0 N–H and O–H groups in total. The molecule has 2 aromatic rings. The smallest absolute Gasteiger partial charge is 0.255 e. The largest absolute Gasteiger partial charge is 0.496 e. The van der Waals surface area contributed by atoms with Gasteiger partial charge in [0.2, 0.25) is 0 Å². The molecule has 0 bridgehead atoms. The lowest BCUT2D eigenvalue weighted by atomic mass is 9.78. The summed E-state index contributed by atoms with van der Waals surface area (Å²) in [5.74, 6) is 0.951. The average molecular weight is 352 g/mol. The fourth-order valence-electron chi connectivity index (χ4n) is 4.25. The maximum absolute atomic E-state index is 12.9. The summed E-state index contributed by atoms with van der Waals surface area (Å²) < 4.78 is 11.9. The number of fused-ring (bicyclic) bond motifs is 2. The first kappa shape index (κ1) is 17.0. The Balaban J connectivity index is 1.58. The Kier molecular flexibility index (Phi) is 4.41. The Bertz CT molecular complexity index is 812. The minimum Gasteiger partial charge on any atom is -0.496 e. The van der Waals surface area contributed by atoms with Gasteiger partial charge in [0.25, 0.3) is 5.91 Å². The predicted molar refractivity (Wildman–Crippen MR) is 98.4 cm³/mol. The fraction of sp³-hybridized carbons (Fsp3) is 0.429. The molecular formula is C21H24N2O3. The lowest BCUT2D eigenvalue weighted by Gasteiger charge is -2.45. The third-order valence-electron chi connectivity index (χ3n) is 5.63. The second-order valence-electron chi connectivity index (χ2n) is 7.02. The number of ether oxygens (including phenoxy) is 2. The van der Waals surface area contributed by atoms with Crippen LogP contribution in [0.1, 0.15) is 40.0 Å². The van der Waals surface area contributed by atoms with Crippen molar-refractivity contribution in [1.82, 2.24) is 9.88 Å². The molecule has 0 radical (unpaired) electrons. The van der Waals surface area contributed by atoms with Crippen molar-refractivity contribution in [3.8, 4) is 5.75 Å². The summed E-state index contributed by atoms with van der Waals surface area (Å²) >= 11 is 0. The SMILES string of the molecule is COc1cccc2c1C1(CCN(C(=O)c3cccnc3C)CC1)OCC2. The van der Waals surface area contributed by atoms with E-state index in [1.807, 2.05) is 36.1 Å². The van der Waals surface area contributed by atoms with Crippen LogP contribution in [0.15, 0.2) is 36.5 Å². The summed E-state index contributed by atoms with van der Waals surface area (Å²) in [6.07, 6.45) is 4.19. The monoisotopic (exact) mass is 352 g/mol. The van der Waals surface area contributed by atoms with E-state index in [0.717, 1.165) is 37.3 Å². The first-order valence-electron chi connectivity index (χ1n) is 9.16. The molecule has 0 aliphatic carbocycles. The van der Waals surface area contributed by atoms with E-state index in [9.17, 15) is 4.79 Å². The molecule has 1 aromatic heterocycles. The number of aryl methyl sites for hydroxylation is 1. The number of benzene rings is 1. The van der Waals surface area contributed by atoms with Gasteiger partial charge in [-0.05, 0) is 49.9 Å². The van der Waals surface area contributed by atoms with Gasteiger partial charge in [-0.25, -0.2) is 0 Å². The Morgan fingerprint density at radius 2 is 2.04 bits per heavy atom. The van der Waals surface area contributed by atoms with Crippen LogP contribution in [-0.2, 0) is 16.8 Å². The zero-order valence-electron chi connectivity index (χ0n) is 15.3. The number of carbonyl (C=O) groups excluding carboxylic acids is 1. The first-order valence-corrected chi connectivity index (χ1v) is 9.16. The van der Waals surface area contributed by atoms with Crippen molar-refractivity contribution in [3.63, 3.8) is 0 Å². The molecule has 26 heavy (non-hydrogen) atoms. The lowest BCUT2D eigenvalue weighted by molar-refractivity contribution is -0.0946. The molecule has 5 heteroatoms. The van der Waals surface area contributed by atoms with E-state index < -0.39 is 0 Å². The Labute approximate surface area is 153 Å². The van der Waals surface area contributed by atoms with Crippen LogP contribution in [0.25, 0.3) is 0 Å². The highest BCUT2D eigenvalue weighted by Gasteiger charge is 2.43. The normalized spacial score (nSPS) is 18.5. The van der Waals surface area contributed by atoms with Crippen molar-refractivity contribution >= 4 is 5.91 Å². The maximum Gasteiger partial charge on any atom is 0.255 e. The number of likely N-dealkylation sites (tertiary alicyclic amines) is 1. The molecule has 0 saturated carbocycles. The standard InChI is InChI=1S/C21H24N2O3/c1-15-17(6-4-11-22-15)20(24)23-12-9-21(10-13-23)19-16(8-14-26-21)5-3-7-18(19)25-2/h3-7,11H,8-10,12-14H2,1-2H3. The average Bonchev–Trinajstić information content (AvgIpc) is 2.68. The zero-order valence-corrected chi connectivity index (χ0v) is 15.3. The number of piperidine rings is 1. The van der Waals surface area contributed by atoms with E-state index in [2.05, 4.69) is 11.1 Å². The van der Waals surface area contributed by atoms with Crippen LogP contribution in [0, 0.1) is 6.92 Å². The van der Waals surface area contributed by atoms with Gasteiger partial charge in [0.15, 0.2) is 0 Å². The molecule has 2 aliphatic rings. The zero-order chi connectivity index (χ0) is 18.1. The molecule has 1 aromatic carbocycles.